The molecule has 1 N–H and O–H groups in total. The van der Waals surface area contributed by atoms with Crippen molar-refractivity contribution in [1.82, 2.24) is 4.57 Å². The molecule has 2 rings (SSSR count). The third kappa shape index (κ3) is 3.30. The molecule has 0 aromatic carbocycles. The summed E-state index contributed by atoms with van der Waals surface area (Å²) in [5.41, 5.74) is 0.720. The van der Waals surface area contributed by atoms with Gasteiger partial charge in [0.2, 0.25) is 0 Å². The molecule has 20 heavy (non-hydrogen) atoms. The molecule has 0 spiro atoms. The molecule has 1 saturated carbocycles. The minimum absolute atomic E-state index is 0.0825. The second-order valence-corrected chi connectivity index (χ2v) is 5.92. The summed E-state index contributed by atoms with van der Waals surface area (Å²) in [4.78, 5) is 22.7. The average molecular weight is 277 g/mol. The summed E-state index contributed by atoms with van der Waals surface area (Å²) in [6.45, 7) is 4.42. The Balaban J connectivity index is 2.09. The Morgan fingerprint density at radius 1 is 1.25 bits per heavy atom. The predicted molar refractivity (Wildman–Crippen MR) is 77.1 cm³/mol. The zero-order valence-electron chi connectivity index (χ0n) is 12.3. The summed E-state index contributed by atoms with van der Waals surface area (Å²) in [6.07, 6.45) is 7.73. The summed E-state index contributed by atoms with van der Waals surface area (Å²) in [5, 5.41) is 9.24. The largest absolute Gasteiger partial charge is 0.477 e. The Hall–Kier alpha value is -1.58. The van der Waals surface area contributed by atoms with Gasteiger partial charge in [-0.25, -0.2) is 4.79 Å². The predicted octanol–water partition coefficient (Wildman–Crippen LogP) is 3.61. The number of ketones is 1. The van der Waals surface area contributed by atoms with Gasteiger partial charge in [-0.2, -0.15) is 0 Å². The maximum atomic E-state index is 11.4. The van der Waals surface area contributed by atoms with E-state index in [0.717, 1.165) is 18.8 Å². The second-order valence-electron chi connectivity index (χ2n) is 5.92. The SMILES string of the molecule is CCC1CCC(Cn2cc(C(C)=O)cc2C(=O)O)CC1. The number of rotatable bonds is 5. The van der Waals surface area contributed by atoms with Crippen LogP contribution in [0, 0.1) is 11.8 Å². The molecule has 110 valence electrons. The molecule has 0 radical (unpaired) electrons. The van der Waals surface area contributed by atoms with Crippen LogP contribution in [0.15, 0.2) is 12.3 Å². The number of carbonyl (C=O) groups excluding carboxylic acids is 1. The molecule has 1 aromatic heterocycles. The van der Waals surface area contributed by atoms with Crippen LogP contribution in [0.4, 0.5) is 0 Å². The number of nitrogens with zero attached hydrogens (tertiary/aromatic N) is 1. The minimum atomic E-state index is -0.959. The van der Waals surface area contributed by atoms with E-state index in [-0.39, 0.29) is 11.5 Å². The van der Waals surface area contributed by atoms with E-state index in [4.69, 9.17) is 0 Å². The first-order valence-corrected chi connectivity index (χ1v) is 7.45. The lowest BCUT2D eigenvalue weighted by Gasteiger charge is -2.28. The quantitative estimate of drug-likeness (QED) is 0.836. The van der Waals surface area contributed by atoms with Gasteiger partial charge in [0.25, 0.3) is 0 Å². The van der Waals surface area contributed by atoms with Gasteiger partial charge in [0.1, 0.15) is 5.69 Å². The van der Waals surface area contributed by atoms with Crippen molar-refractivity contribution in [3.05, 3.63) is 23.5 Å². The van der Waals surface area contributed by atoms with Crippen molar-refractivity contribution < 1.29 is 14.7 Å². The van der Waals surface area contributed by atoms with Crippen LogP contribution in [0.3, 0.4) is 0 Å². The highest BCUT2D eigenvalue weighted by atomic mass is 16.4. The van der Waals surface area contributed by atoms with Gasteiger partial charge in [0, 0.05) is 18.3 Å². The van der Waals surface area contributed by atoms with Gasteiger partial charge in [-0.3, -0.25) is 4.79 Å². The van der Waals surface area contributed by atoms with Crippen LogP contribution in [0.5, 0.6) is 0 Å². The standard InChI is InChI=1S/C16H23NO3/c1-3-12-4-6-13(7-5-12)9-17-10-14(11(2)18)8-15(17)16(19)20/h8,10,12-13H,3-7,9H2,1-2H3,(H,19,20). The van der Waals surface area contributed by atoms with E-state index in [1.54, 1.807) is 10.8 Å². The van der Waals surface area contributed by atoms with Gasteiger partial charge in [0.05, 0.1) is 0 Å². The summed E-state index contributed by atoms with van der Waals surface area (Å²) in [7, 11) is 0. The van der Waals surface area contributed by atoms with E-state index in [2.05, 4.69) is 6.92 Å². The van der Waals surface area contributed by atoms with Gasteiger partial charge in [-0.1, -0.05) is 26.2 Å². The number of aromatic carboxylic acids is 1. The lowest BCUT2D eigenvalue weighted by atomic mass is 9.81. The van der Waals surface area contributed by atoms with E-state index in [1.807, 2.05) is 0 Å². The molecule has 0 aliphatic heterocycles. The molecular weight excluding hydrogens is 254 g/mol. The van der Waals surface area contributed by atoms with Crippen LogP contribution < -0.4 is 0 Å². The fourth-order valence-corrected chi connectivity index (χ4v) is 3.13. The van der Waals surface area contributed by atoms with Crippen LogP contribution >= 0.6 is 0 Å². The van der Waals surface area contributed by atoms with Crippen molar-refractivity contribution in [3.8, 4) is 0 Å². The number of hydrogen-bond acceptors (Lipinski definition) is 2. The fraction of sp³-hybridized carbons (Fsp3) is 0.625. The first-order valence-electron chi connectivity index (χ1n) is 7.45. The number of carboxylic acid groups (broad SMARTS) is 1. The van der Waals surface area contributed by atoms with Crippen LogP contribution in [0.2, 0.25) is 0 Å². The van der Waals surface area contributed by atoms with E-state index >= 15 is 0 Å². The first kappa shape index (κ1) is 14.8. The van der Waals surface area contributed by atoms with Crippen LogP contribution in [0.1, 0.15) is 66.8 Å². The maximum Gasteiger partial charge on any atom is 0.352 e. The summed E-state index contributed by atoms with van der Waals surface area (Å²) >= 11 is 0. The molecule has 1 heterocycles. The highest BCUT2D eigenvalue weighted by molar-refractivity contribution is 5.97. The molecule has 1 aliphatic carbocycles. The molecule has 0 unspecified atom stereocenters. The van der Waals surface area contributed by atoms with Crippen molar-refractivity contribution in [3.63, 3.8) is 0 Å². The second kappa shape index (κ2) is 6.25. The molecule has 0 amide bonds. The minimum Gasteiger partial charge on any atom is -0.477 e. The Morgan fingerprint density at radius 2 is 1.85 bits per heavy atom. The summed E-state index contributed by atoms with van der Waals surface area (Å²) in [5.74, 6) is 0.325. The molecule has 1 aliphatic rings. The zero-order chi connectivity index (χ0) is 14.7. The van der Waals surface area contributed by atoms with Gasteiger partial charge < -0.3 is 9.67 Å². The normalized spacial score (nSPS) is 22.7. The monoisotopic (exact) mass is 277 g/mol. The van der Waals surface area contributed by atoms with Crippen molar-refractivity contribution in [2.75, 3.05) is 0 Å². The lowest BCUT2D eigenvalue weighted by Crippen LogP contribution is -2.20. The van der Waals surface area contributed by atoms with E-state index in [0.29, 0.717) is 18.0 Å². The Kier molecular flexibility index (Phi) is 4.63. The molecular formula is C16H23NO3. The number of carbonyl (C=O) groups is 2. The van der Waals surface area contributed by atoms with Crippen molar-refractivity contribution >= 4 is 11.8 Å². The molecule has 4 heteroatoms. The maximum absolute atomic E-state index is 11.4. The smallest absolute Gasteiger partial charge is 0.352 e. The highest BCUT2D eigenvalue weighted by Gasteiger charge is 2.22. The fourth-order valence-electron chi connectivity index (χ4n) is 3.13. The zero-order valence-corrected chi connectivity index (χ0v) is 12.3. The molecule has 4 nitrogen and oxygen atoms in total. The average Bonchev–Trinajstić information content (AvgIpc) is 2.84. The molecule has 0 atom stereocenters. The first-order chi connectivity index (χ1) is 9.51. The van der Waals surface area contributed by atoms with Gasteiger partial charge >= 0.3 is 5.97 Å². The topological polar surface area (TPSA) is 59.3 Å². The highest BCUT2D eigenvalue weighted by Crippen LogP contribution is 2.32. The van der Waals surface area contributed by atoms with Crippen LogP contribution in [0.25, 0.3) is 0 Å². The van der Waals surface area contributed by atoms with Crippen LogP contribution in [-0.4, -0.2) is 21.4 Å². The lowest BCUT2D eigenvalue weighted by molar-refractivity contribution is 0.0682. The number of carboxylic acids is 1. The third-order valence-corrected chi connectivity index (χ3v) is 4.52. The van der Waals surface area contributed by atoms with Gasteiger partial charge in [-0.05, 0) is 37.7 Å². The number of Topliss-reactive ketones (excluding diaryl/α,β-unsaturated/α-hetero) is 1. The van der Waals surface area contributed by atoms with Gasteiger partial charge in [-0.15, -0.1) is 0 Å². The molecule has 1 aromatic rings. The van der Waals surface area contributed by atoms with Crippen molar-refractivity contribution in [2.24, 2.45) is 11.8 Å². The third-order valence-electron chi connectivity index (χ3n) is 4.52. The van der Waals surface area contributed by atoms with E-state index in [9.17, 15) is 14.7 Å². The summed E-state index contributed by atoms with van der Waals surface area (Å²) in [6, 6.07) is 1.49. The molecule has 1 fully saturated rings. The van der Waals surface area contributed by atoms with Crippen molar-refractivity contribution in [1.29, 1.82) is 0 Å². The van der Waals surface area contributed by atoms with Crippen molar-refractivity contribution in [2.45, 2.75) is 52.5 Å². The Morgan fingerprint density at radius 3 is 2.35 bits per heavy atom. The number of aromatic nitrogens is 1. The summed E-state index contributed by atoms with van der Waals surface area (Å²) < 4.78 is 1.75. The Labute approximate surface area is 119 Å². The molecule has 0 saturated heterocycles. The molecule has 0 bridgehead atoms. The Bertz CT molecular complexity index is 496. The van der Waals surface area contributed by atoms with E-state index < -0.39 is 5.97 Å². The van der Waals surface area contributed by atoms with Gasteiger partial charge in [0.15, 0.2) is 5.78 Å². The van der Waals surface area contributed by atoms with E-state index in [1.165, 1.54) is 32.3 Å². The van der Waals surface area contributed by atoms with Crippen LogP contribution in [-0.2, 0) is 6.54 Å². The number of hydrogen-bond donors (Lipinski definition) is 1.